The van der Waals surface area contributed by atoms with Gasteiger partial charge >= 0.3 is 12.1 Å². The van der Waals surface area contributed by atoms with E-state index in [0.717, 1.165) is 0 Å². The van der Waals surface area contributed by atoms with Crippen LogP contribution < -0.4 is 11.2 Å². The van der Waals surface area contributed by atoms with Crippen molar-refractivity contribution < 1.29 is 33.4 Å². The Morgan fingerprint density at radius 2 is 1.81 bits per heavy atom. The number of nitrogens with one attached hydrogen (secondary N) is 1. The zero-order valence-corrected chi connectivity index (χ0v) is 15.4. The van der Waals surface area contributed by atoms with E-state index in [1.165, 1.54) is 32.9 Å². The number of hydrogen-bond donors (Lipinski definition) is 2. The summed E-state index contributed by atoms with van der Waals surface area (Å²) >= 11 is 5.74. The SMILES string of the molecule is CC(OC(=O)OCCN)OC(=O)C(C)(C)ONC(=O)c1ccc(Cl)cc1. The smallest absolute Gasteiger partial charge is 0.433 e. The van der Waals surface area contributed by atoms with Gasteiger partial charge in [-0.15, -0.1) is 0 Å². The Hall–Kier alpha value is -2.36. The van der Waals surface area contributed by atoms with E-state index in [1.54, 1.807) is 12.1 Å². The molecule has 26 heavy (non-hydrogen) atoms. The summed E-state index contributed by atoms with van der Waals surface area (Å²) in [4.78, 5) is 40.4. The number of rotatable bonds is 8. The van der Waals surface area contributed by atoms with E-state index in [2.05, 4.69) is 10.2 Å². The van der Waals surface area contributed by atoms with Crippen molar-refractivity contribution in [3.05, 3.63) is 34.9 Å². The maximum atomic E-state index is 12.1. The third-order valence-electron chi connectivity index (χ3n) is 2.87. The topological polar surface area (TPSA) is 126 Å². The second kappa shape index (κ2) is 9.95. The van der Waals surface area contributed by atoms with Crippen LogP contribution in [0.15, 0.2) is 24.3 Å². The molecule has 1 rings (SSSR count). The highest BCUT2D eigenvalue weighted by atomic mass is 35.5. The zero-order chi connectivity index (χ0) is 19.7. The molecule has 9 nitrogen and oxygen atoms in total. The average Bonchev–Trinajstić information content (AvgIpc) is 2.58. The van der Waals surface area contributed by atoms with Crippen molar-refractivity contribution in [3.63, 3.8) is 0 Å². The molecule has 0 saturated heterocycles. The van der Waals surface area contributed by atoms with E-state index in [0.29, 0.717) is 5.02 Å². The van der Waals surface area contributed by atoms with Crippen molar-refractivity contribution in [3.8, 4) is 0 Å². The summed E-state index contributed by atoms with van der Waals surface area (Å²) in [6.45, 7) is 4.18. The van der Waals surface area contributed by atoms with Crippen LogP contribution in [0.25, 0.3) is 0 Å². The van der Waals surface area contributed by atoms with E-state index in [-0.39, 0.29) is 18.7 Å². The Morgan fingerprint density at radius 1 is 1.19 bits per heavy atom. The van der Waals surface area contributed by atoms with E-state index >= 15 is 0 Å². The highest BCUT2D eigenvalue weighted by molar-refractivity contribution is 6.30. The normalized spacial score (nSPS) is 12.0. The van der Waals surface area contributed by atoms with Crippen LogP contribution in [0.2, 0.25) is 5.02 Å². The van der Waals surface area contributed by atoms with Crippen molar-refractivity contribution in [1.82, 2.24) is 5.48 Å². The van der Waals surface area contributed by atoms with Crippen LogP contribution >= 0.6 is 11.6 Å². The second-order valence-electron chi connectivity index (χ2n) is 5.53. The van der Waals surface area contributed by atoms with E-state index in [4.69, 9.17) is 31.6 Å². The van der Waals surface area contributed by atoms with Crippen molar-refractivity contribution in [2.75, 3.05) is 13.2 Å². The molecule has 0 bridgehead atoms. The molecule has 0 aromatic heterocycles. The quantitative estimate of drug-likeness (QED) is 0.392. The lowest BCUT2D eigenvalue weighted by atomic mass is 10.1. The van der Waals surface area contributed by atoms with Crippen LogP contribution in [0, 0.1) is 0 Å². The molecule has 0 radical (unpaired) electrons. The van der Waals surface area contributed by atoms with E-state index < -0.39 is 29.9 Å². The van der Waals surface area contributed by atoms with Crippen LogP contribution in [-0.2, 0) is 23.8 Å². The van der Waals surface area contributed by atoms with Gasteiger partial charge in [-0.1, -0.05) is 11.6 Å². The van der Waals surface area contributed by atoms with Gasteiger partial charge in [-0.3, -0.25) is 9.63 Å². The molecule has 1 unspecified atom stereocenters. The minimum Gasteiger partial charge on any atom is -0.433 e. The fraction of sp³-hybridized carbons (Fsp3) is 0.438. The number of benzene rings is 1. The summed E-state index contributed by atoms with van der Waals surface area (Å²) in [7, 11) is 0. The van der Waals surface area contributed by atoms with Gasteiger partial charge in [0.05, 0.1) is 0 Å². The molecule has 0 aliphatic rings. The number of amides is 1. The van der Waals surface area contributed by atoms with Crippen molar-refractivity contribution in [2.24, 2.45) is 5.73 Å². The predicted molar refractivity (Wildman–Crippen MR) is 91.1 cm³/mol. The Balaban J connectivity index is 2.49. The molecule has 0 aliphatic heterocycles. The van der Waals surface area contributed by atoms with E-state index in [1.807, 2.05) is 0 Å². The number of esters is 1. The highest BCUT2D eigenvalue weighted by Gasteiger charge is 2.34. The maximum Gasteiger partial charge on any atom is 0.511 e. The molecular formula is C16H21ClN2O7. The molecule has 0 heterocycles. The minimum absolute atomic E-state index is 0.0230. The first kappa shape index (κ1) is 21.7. The van der Waals surface area contributed by atoms with Crippen molar-refractivity contribution in [2.45, 2.75) is 32.7 Å². The largest absolute Gasteiger partial charge is 0.511 e. The summed E-state index contributed by atoms with van der Waals surface area (Å²) in [6.07, 6.45) is -2.24. The average molecular weight is 389 g/mol. The molecule has 1 atom stereocenters. The third kappa shape index (κ3) is 7.26. The lowest BCUT2D eigenvalue weighted by Gasteiger charge is -2.24. The van der Waals surface area contributed by atoms with Gasteiger partial charge in [0.15, 0.2) is 5.60 Å². The number of hydrogen-bond acceptors (Lipinski definition) is 8. The van der Waals surface area contributed by atoms with Crippen LogP contribution in [0.3, 0.4) is 0 Å². The van der Waals surface area contributed by atoms with Gasteiger partial charge in [0, 0.05) is 24.1 Å². The first-order chi connectivity index (χ1) is 12.2. The lowest BCUT2D eigenvalue weighted by Crippen LogP contribution is -2.44. The summed E-state index contributed by atoms with van der Waals surface area (Å²) in [5.74, 6) is -1.44. The monoisotopic (exact) mass is 388 g/mol. The Bertz CT molecular complexity index is 634. The molecule has 0 saturated carbocycles. The number of carbonyl (C=O) groups excluding carboxylic acids is 3. The Labute approximate surface area is 155 Å². The molecule has 0 fully saturated rings. The molecule has 1 aromatic rings. The van der Waals surface area contributed by atoms with Crippen LogP contribution in [0.1, 0.15) is 31.1 Å². The van der Waals surface area contributed by atoms with Gasteiger partial charge in [0.25, 0.3) is 5.91 Å². The van der Waals surface area contributed by atoms with Gasteiger partial charge in [0.1, 0.15) is 6.61 Å². The lowest BCUT2D eigenvalue weighted by molar-refractivity contribution is -0.195. The zero-order valence-electron chi connectivity index (χ0n) is 14.6. The molecule has 10 heteroatoms. The Morgan fingerprint density at radius 3 is 2.38 bits per heavy atom. The van der Waals surface area contributed by atoms with Crippen molar-refractivity contribution >= 4 is 29.6 Å². The van der Waals surface area contributed by atoms with Crippen molar-refractivity contribution in [1.29, 1.82) is 0 Å². The summed E-state index contributed by atoms with van der Waals surface area (Å²) in [6, 6.07) is 6.07. The molecule has 0 aliphatic carbocycles. The molecule has 144 valence electrons. The summed E-state index contributed by atoms with van der Waals surface area (Å²) in [5, 5.41) is 0.477. The predicted octanol–water partition coefficient (Wildman–Crippen LogP) is 1.78. The molecule has 1 amide bonds. The molecule has 1 aromatic carbocycles. The third-order valence-corrected chi connectivity index (χ3v) is 3.12. The van der Waals surface area contributed by atoms with Crippen LogP contribution in [0.4, 0.5) is 4.79 Å². The molecular weight excluding hydrogens is 368 g/mol. The van der Waals surface area contributed by atoms with Crippen LogP contribution in [0.5, 0.6) is 0 Å². The maximum absolute atomic E-state index is 12.1. The number of nitrogens with two attached hydrogens (primary N) is 1. The number of halogens is 1. The van der Waals surface area contributed by atoms with Gasteiger partial charge in [-0.2, -0.15) is 0 Å². The van der Waals surface area contributed by atoms with Crippen LogP contribution in [-0.4, -0.2) is 43.1 Å². The fourth-order valence-electron chi connectivity index (χ4n) is 1.50. The van der Waals surface area contributed by atoms with Gasteiger partial charge in [0.2, 0.25) is 6.29 Å². The standard InChI is InChI=1S/C16H21ClN2O7/c1-10(25-15(22)23-9-8-18)24-14(21)16(2,3)26-19-13(20)11-4-6-12(17)7-5-11/h4-7,10H,8-9,18H2,1-3H3,(H,19,20). The highest BCUT2D eigenvalue weighted by Crippen LogP contribution is 2.14. The number of hydroxylamine groups is 1. The van der Waals surface area contributed by atoms with Gasteiger partial charge in [-0.25, -0.2) is 15.1 Å². The van der Waals surface area contributed by atoms with Gasteiger partial charge < -0.3 is 19.9 Å². The Kier molecular flexibility index (Phi) is 8.30. The summed E-state index contributed by atoms with van der Waals surface area (Å²) < 4.78 is 14.2. The molecule has 3 N–H and O–H groups in total. The fourth-order valence-corrected chi connectivity index (χ4v) is 1.63. The second-order valence-corrected chi connectivity index (χ2v) is 5.96. The first-order valence-corrected chi connectivity index (χ1v) is 8.02. The van der Waals surface area contributed by atoms with E-state index in [9.17, 15) is 14.4 Å². The molecule has 0 spiro atoms. The van der Waals surface area contributed by atoms with Gasteiger partial charge in [-0.05, 0) is 38.1 Å². The minimum atomic E-state index is -1.54. The first-order valence-electron chi connectivity index (χ1n) is 7.64. The summed E-state index contributed by atoms with van der Waals surface area (Å²) in [5.41, 5.74) is 6.08. The number of carbonyl (C=O) groups is 3. The number of ether oxygens (including phenoxy) is 3.